The number of pyridine rings is 1. The molecule has 0 saturated heterocycles. The van der Waals surface area contributed by atoms with E-state index in [4.69, 9.17) is 0 Å². The molecule has 0 radical (unpaired) electrons. The SMILES string of the molecule is Cc1ccc(-n2c(SCC(=O)c3ccccc3)nnc2-c2ccncc2)cc1C. The van der Waals surface area contributed by atoms with E-state index in [-0.39, 0.29) is 5.78 Å². The maximum Gasteiger partial charge on any atom is 0.196 e. The molecule has 0 amide bonds. The van der Waals surface area contributed by atoms with Gasteiger partial charge in [0.2, 0.25) is 0 Å². The van der Waals surface area contributed by atoms with Crippen LogP contribution in [0.5, 0.6) is 0 Å². The average molecular weight is 401 g/mol. The third kappa shape index (κ3) is 4.12. The van der Waals surface area contributed by atoms with Crippen molar-refractivity contribution in [1.82, 2.24) is 19.7 Å². The van der Waals surface area contributed by atoms with Gasteiger partial charge in [0, 0.05) is 23.5 Å². The van der Waals surface area contributed by atoms with Gasteiger partial charge in [-0.3, -0.25) is 14.3 Å². The number of aromatic nitrogens is 4. The van der Waals surface area contributed by atoms with Gasteiger partial charge in [-0.15, -0.1) is 10.2 Å². The monoisotopic (exact) mass is 400 g/mol. The molecule has 0 spiro atoms. The Hall–Kier alpha value is -3.25. The van der Waals surface area contributed by atoms with Crippen LogP contribution in [0.25, 0.3) is 17.1 Å². The standard InChI is InChI=1S/C23H20N4OS/c1-16-8-9-20(14-17(16)2)27-22(19-10-12-24-13-11-19)25-26-23(27)29-15-21(28)18-6-4-3-5-7-18/h3-14H,15H2,1-2H3. The van der Waals surface area contributed by atoms with E-state index in [9.17, 15) is 4.79 Å². The second-order valence-electron chi connectivity index (χ2n) is 6.72. The number of aryl methyl sites for hydroxylation is 2. The van der Waals surface area contributed by atoms with Crippen LogP contribution in [0.2, 0.25) is 0 Å². The number of ketones is 1. The van der Waals surface area contributed by atoms with Crippen LogP contribution in [-0.4, -0.2) is 31.3 Å². The van der Waals surface area contributed by atoms with Crippen molar-refractivity contribution in [2.24, 2.45) is 0 Å². The first-order chi connectivity index (χ1) is 14.1. The second kappa shape index (κ2) is 8.41. The molecule has 0 unspecified atom stereocenters. The maximum atomic E-state index is 12.6. The van der Waals surface area contributed by atoms with E-state index < -0.39 is 0 Å². The molecule has 0 N–H and O–H groups in total. The number of Topliss-reactive ketones (excluding diaryl/α,β-unsaturated/α-hetero) is 1. The van der Waals surface area contributed by atoms with Crippen molar-refractivity contribution < 1.29 is 4.79 Å². The van der Waals surface area contributed by atoms with Gasteiger partial charge < -0.3 is 0 Å². The minimum Gasteiger partial charge on any atom is -0.293 e. The predicted molar refractivity (Wildman–Crippen MR) is 116 cm³/mol. The lowest BCUT2D eigenvalue weighted by molar-refractivity contribution is 0.102. The molecule has 29 heavy (non-hydrogen) atoms. The summed E-state index contributed by atoms with van der Waals surface area (Å²) in [5, 5.41) is 9.49. The quantitative estimate of drug-likeness (QED) is 0.340. The minimum atomic E-state index is 0.0655. The molecule has 2 aromatic heterocycles. The largest absolute Gasteiger partial charge is 0.293 e. The number of benzene rings is 2. The number of rotatable bonds is 6. The Morgan fingerprint density at radius 3 is 2.41 bits per heavy atom. The Bertz CT molecular complexity index is 1140. The molecule has 4 rings (SSSR count). The van der Waals surface area contributed by atoms with Crippen molar-refractivity contribution in [3.63, 3.8) is 0 Å². The van der Waals surface area contributed by atoms with E-state index in [1.807, 2.05) is 47.0 Å². The molecule has 2 heterocycles. The minimum absolute atomic E-state index is 0.0655. The highest BCUT2D eigenvalue weighted by Crippen LogP contribution is 2.29. The highest BCUT2D eigenvalue weighted by molar-refractivity contribution is 7.99. The Morgan fingerprint density at radius 2 is 1.69 bits per heavy atom. The topological polar surface area (TPSA) is 60.7 Å². The van der Waals surface area contributed by atoms with E-state index in [1.165, 1.54) is 22.9 Å². The molecule has 6 heteroatoms. The van der Waals surface area contributed by atoms with Gasteiger partial charge in [-0.05, 0) is 49.2 Å². The summed E-state index contributed by atoms with van der Waals surface area (Å²) in [6.07, 6.45) is 3.47. The lowest BCUT2D eigenvalue weighted by Gasteiger charge is -2.12. The summed E-state index contributed by atoms with van der Waals surface area (Å²) < 4.78 is 2.00. The fraction of sp³-hybridized carbons (Fsp3) is 0.130. The molecule has 0 atom stereocenters. The van der Waals surface area contributed by atoms with Crippen LogP contribution in [0.15, 0.2) is 78.2 Å². The van der Waals surface area contributed by atoms with Gasteiger partial charge in [0.1, 0.15) is 0 Å². The van der Waals surface area contributed by atoms with Gasteiger partial charge in [-0.25, -0.2) is 0 Å². The van der Waals surface area contributed by atoms with E-state index in [0.29, 0.717) is 16.5 Å². The van der Waals surface area contributed by atoms with Crippen molar-refractivity contribution in [3.8, 4) is 17.1 Å². The first-order valence-electron chi connectivity index (χ1n) is 9.28. The van der Waals surface area contributed by atoms with E-state index in [1.54, 1.807) is 12.4 Å². The molecule has 0 bridgehead atoms. The molecular weight excluding hydrogens is 380 g/mol. The van der Waals surface area contributed by atoms with Crippen LogP contribution < -0.4 is 0 Å². The zero-order valence-electron chi connectivity index (χ0n) is 16.2. The fourth-order valence-electron chi connectivity index (χ4n) is 2.99. The van der Waals surface area contributed by atoms with Crippen LogP contribution in [0.4, 0.5) is 0 Å². The van der Waals surface area contributed by atoms with E-state index in [2.05, 4.69) is 47.2 Å². The molecular formula is C23H20N4OS. The predicted octanol–water partition coefficient (Wildman–Crippen LogP) is 4.92. The number of carbonyl (C=O) groups excluding carboxylic acids is 1. The van der Waals surface area contributed by atoms with Crippen molar-refractivity contribution in [2.75, 3.05) is 5.75 Å². The summed E-state index contributed by atoms with van der Waals surface area (Å²) in [5.74, 6) is 1.09. The van der Waals surface area contributed by atoms with Gasteiger partial charge in [-0.1, -0.05) is 48.2 Å². The molecule has 5 nitrogen and oxygen atoms in total. The smallest absolute Gasteiger partial charge is 0.196 e. The van der Waals surface area contributed by atoms with Crippen molar-refractivity contribution >= 4 is 17.5 Å². The normalized spacial score (nSPS) is 10.8. The Labute approximate surface area is 173 Å². The molecule has 144 valence electrons. The summed E-state index contributed by atoms with van der Waals surface area (Å²) in [7, 11) is 0. The fourth-order valence-corrected chi connectivity index (χ4v) is 3.83. The number of thioether (sulfide) groups is 1. The summed E-state index contributed by atoms with van der Waals surface area (Å²) in [6.45, 7) is 4.17. The van der Waals surface area contributed by atoms with Crippen LogP contribution in [0.1, 0.15) is 21.5 Å². The lowest BCUT2D eigenvalue weighted by atomic mass is 10.1. The van der Waals surface area contributed by atoms with Crippen molar-refractivity contribution in [3.05, 3.63) is 89.7 Å². The Balaban J connectivity index is 1.71. The molecule has 0 saturated carbocycles. The summed E-state index contributed by atoms with van der Waals surface area (Å²) in [5.41, 5.74) is 5.01. The number of hydrogen-bond acceptors (Lipinski definition) is 5. The van der Waals surface area contributed by atoms with Crippen LogP contribution in [-0.2, 0) is 0 Å². The third-order valence-corrected chi connectivity index (χ3v) is 5.68. The van der Waals surface area contributed by atoms with Gasteiger partial charge in [0.15, 0.2) is 16.8 Å². The molecule has 0 aliphatic heterocycles. The highest BCUT2D eigenvalue weighted by Gasteiger charge is 2.18. The maximum absolute atomic E-state index is 12.6. The molecule has 0 aliphatic rings. The van der Waals surface area contributed by atoms with E-state index >= 15 is 0 Å². The average Bonchev–Trinajstić information content (AvgIpc) is 3.19. The third-order valence-electron chi connectivity index (χ3n) is 4.75. The Kier molecular flexibility index (Phi) is 5.53. The van der Waals surface area contributed by atoms with Crippen LogP contribution >= 0.6 is 11.8 Å². The second-order valence-corrected chi connectivity index (χ2v) is 7.67. The summed E-state index contributed by atoms with van der Waals surface area (Å²) in [4.78, 5) is 16.6. The number of carbonyl (C=O) groups is 1. The van der Waals surface area contributed by atoms with Gasteiger partial charge >= 0.3 is 0 Å². The van der Waals surface area contributed by atoms with Gasteiger partial charge in [-0.2, -0.15) is 0 Å². The summed E-state index contributed by atoms with van der Waals surface area (Å²) >= 11 is 1.39. The van der Waals surface area contributed by atoms with E-state index in [0.717, 1.165) is 17.1 Å². The van der Waals surface area contributed by atoms with Gasteiger partial charge in [0.05, 0.1) is 11.4 Å². The van der Waals surface area contributed by atoms with Crippen LogP contribution in [0, 0.1) is 13.8 Å². The summed E-state index contributed by atoms with van der Waals surface area (Å²) in [6, 6.07) is 19.4. The Morgan fingerprint density at radius 1 is 0.931 bits per heavy atom. The zero-order valence-corrected chi connectivity index (χ0v) is 17.1. The van der Waals surface area contributed by atoms with Crippen LogP contribution in [0.3, 0.4) is 0 Å². The molecule has 2 aromatic carbocycles. The first-order valence-corrected chi connectivity index (χ1v) is 10.3. The first kappa shape index (κ1) is 19.1. The lowest BCUT2D eigenvalue weighted by Crippen LogP contribution is -2.05. The molecule has 0 fully saturated rings. The number of nitrogens with zero attached hydrogens (tertiary/aromatic N) is 4. The molecule has 0 aliphatic carbocycles. The van der Waals surface area contributed by atoms with Crippen molar-refractivity contribution in [1.29, 1.82) is 0 Å². The zero-order chi connectivity index (χ0) is 20.2. The van der Waals surface area contributed by atoms with Crippen molar-refractivity contribution in [2.45, 2.75) is 19.0 Å². The number of hydrogen-bond donors (Lipinski definition) is 0. The molecule has 4 aromatic rings. The van der Waals surface area contributed by atoms with Gasteiger partial charge in [0.25, 0.3) is 0 Å². The highest BCUT2D eigenvalue weighted by atomic mass is 32.2.